The highest BCUT2D eigenvalue weighted by Gasteiger charge is 2.34. The van der Waals surface area contributed by atoms with Crippen molar-refractivity contribution >= 4 is 35.1 Å². The van der Waals surface area contributed by atoms with Gasteiger partial charge in [-0.1, -0.05) is 18.2 Å². The highest BCUT2D eigenvalue weighted by Crippen LogP contribution is 2.35. The molecule has 9 heteroatoms. The van der Waals surface area contributed by atoms with E-state index in [9.17, 15) is 14.3 Å². The maximum atomic E-state index is 13.1. The first-order chi connectivity index (χ1) is 15.5. The van der Waals surface area contributed by atoms with Gasteiger partial charge in [0.15, 0.2) is 16.7 Å². The largest absolute Gasteiger partial charge is 0.504 e. The lowest BCUT2D eigenvalue weighted by molar-refractivity contribution is -0.122. The zero-order valence-corrected chi connectivity index (χ0v) is 17.8. The molecule has 0 saturated carbocycles. The molecule has 0 aliphatic carbocycles. The number of nitrogens with zero attached hydrogens (tertiary/aromatic N) is 3. The first-order valence-electron chi connectivity index (χ1n) is 9.51. The van der Waals surface area contributed by atoms with Gasteiger partial charge in [0.25, 0.3) is 5.91 Å². The monoisotopic (exact) mass is 451 g/mol. The van der Waals surface area contributed by atoms with E-state index < -0.39 is 0 Å². The number of benzene rings is 2. The van der Waals surface area contributed by atoms with Crippen LogP contribution in [0.4, 0.5) is 4.39 Å². The fourth-order valence-corrected chi connectivity index (χ4v) is 3.84. The number of aromatic hydroxyl groups is 1. The van der Waals surface area contributed by atoms with Crippen LogP contribution in [0.1, 0.15) is 16.9 Å². The Morgan fingerprint density at radius 2 is 1.97 bits per heavy atom. The summed E-state index contributed by atoms with van der Waals surface area (Å²) in [4.78, 5) is 15.0. The Bertz CT molecular complexity index is 1200. The average Bonchev–Trinajstić information content (AvgIpc) is 3.41. The van der Waals surface area contributed by atoms with E-state index in [0.717, 1.165) is 0 Å². The summed E-state index contributed by atoms with van der Waals surface area (Å²) in [7, 11) is 1.45. The van der Waals surface area contributed by atoms with Crippen molar-refractivity contribution in [2.75, 3.05) is 7.11 Å². The first kappa shape index (κ1) is 21.4. The van der Waals surface area contributed by atoms with Crippen LogP contribution in [0, 0.1) is 5.82 Å². The molecule has 0 spiro atoms. The molecule has 1 amide bonds. The molecule has 1 saturated heterocycles. The van der Waals surface area contributed by atoms with Crippen LogP contribution in [0.25, 0.3) is 6.08 Å². The lowest BCUT2D eigenvalue weighted by Crippen LogP contribution is -2.28. The van der Waals surface area contributed by atoms with Crippen LogP contribution >= 0.6 is 11.8 Å². The Labute approximate surface area is 187 Å². The van der Waals surface area contributed by atoms with Gasteiger partial charge in [0.1, 0.15) is 11.6 Å². The Balaban J connectivity index is 1.62. The number of carbonyl (C=O) groups excluding carboxylic acids is 1. The van der Waals surface area contributed by atoms with Gasteiger partial charge in [-0.15, -0.1) is 5.10 Å². The highest BCUT2D eigenvalue weighted by atomic mass is 32.2. The van der Waals surface area contributed by atoms with Gasteiger partial charge < -0.3 is 14.3 Å². The van der Waals surface area contributed by atoms with Crippen molar-refractivity contribution in [3.8, 4) is 11.5 Å². The maximum absolute atomic E-state index is 13.1. The Morgan fingerprint density at radius 3 is 2.69 bits per heavy atom. The summed E-state index contributed by atoms with van der Waals surface area (Å²) < 4.78 is 23.6. The van der Waals surface area contributed by atoms with Crippen molar-refractivity contribution in [2.24, 2.45) is 10.2 Å². The summed E-state index contributed by atoms with van der Waals surface area (Å²) >= 11 is 1.17. The zero-order chi connectivity index (χ0) is 22.5. The Hall–Kier alpha value is -3.85. The van der Waals surface area contributed by atoms with Crippen LogP contribution in [0.3, 0.4) is 0 Å². The molecule has 0 radical (unpaired) electrons. The van der Waals surface area contributed by atoms with Crippen molar-refractivity contribution in [3.05, 3.63) is 88.5 Å². The molecule has 4 rings (SSSR count). The van der Waals surface area contributed by atoms with E-state index >= 15 is 0 Å². The number of carbonyl (C=O) groups is 1. The molecule has 0 unspecified atom stereocenters. The van der Waals surface area contributed by atoms with Crippen molar-refractivity contribution in [3.63, 3.8) is 0 Å². The zero-order valence-electron chi connectivity index (χ0n) is 16.9. The third kappa shape index (κ3) is 4.89. The topological polar surface area (TPSA) is 87.6 Å². The molecule has 1 aromatic heterocycles. The second-order valence-corrected chi connectivity index (χ2v) is 7.70. The minimum Gasteiger partial charge on any atom is -0.504 e. The molecule has 3 aromatic rings. The van der Waals surface area contributed by atoms with Gasteiger partial charge in [-0.25, -0.2) is 4.39 Å². The standard InChI is InChI=1S/C23H18FN3O4S/c1-30-20-11-16(6-9-19(20)28)12-21-22(29)27(14-18-3-2-10-31-18)23(32-21)26-25-13-15-4-7-17(24)8-5-15/h2-13,28H,14H2,1H3/b21-12-,25-13-,26-23+. The van der Waals surface area contributed by atoms with Crippen LogP contribution in [-0.2, 0) is 11.3 Å². The van der Waals surface area contributed by atoms with Crippen LogP contribution in [-0.4, -0.2) is 34.4 Å². The lowest BCUT2D eigenvalue weighted by atomic mass is 10.2. The van der Waals surface area contributed by atoms with Gasteiger partial charge in [-0.2, -0.15) is 5.10 Å². The van der Waals surface area contributed by atoms with Crippen molar-refractivity contribution in [2.45, 2.75) is 6.54 Å². The van der Waals surface area contributed by atoms with Crippen LogP contribution < -0.4 is 4.74 Å². The summed E-state index contributed by atoms with van der Waals surface area (Å²) in [5.41, 5.74) is 1.36. The summed E-state index contributed by atoms with van der Waals surface area (Å²) in [5, 5.41) is 18.4. The smallest absolute Gasteiger partial charge is 0.267 e. The fourth-order valence-electron chi connectivity index (χ4n) is 2.91. The minimum absolute atomic E-state index is 0.0110. The van der Waals surface area contributed by atoms with Gasteiger partial charge in [0.05, 0.1) is 31.0 Å². The molecular weight excluding hydrogens is 433 g/mol. The average molecular weight is 451 g/mol. The predicted octanol–water partition coefficient (Wildman–Crippen LogP) is 4.64. The molecule has 0 bridgehead atoms. The molecule has 1 N–H and O–H groups in total. The number of phenols is 1. The number of phenolic OH excluding ortho intramolecular Hbond substituents is 1. The molecule has 162 valence electrons. The fraction of sp³-hybridized carbons (Fsp3) is 0.0870. The molecule has 1 aliphatic rings. The SMILES string of the molecule is COc1cc(/C=C2\S/C(=N/N=C\c3ccc(F)cc3)N(Cc3ccco3)C2=O)ccc1O. The van der Waals surface area contributed by atoms with Gasteiger partial charge in [0, 0.05) is 0 Å². The molecule has 2 aromatic carbocycles. The summed E-state index contributed by atoms with van der Waals surface area (Å²) in [6, 6.07) is 14.1. The number of methoxy groups -OCH3 is 1. The van der Waals surface area contributed by atoms with Crippen molar-refractivity contribution in [1.82, 2.24) is 4.90 Å². The number of ether oxygens (including phenoxy) is 1. The van der Waals surface area contributed by atoms with Crippen LogP contribution in [0.15, 0.2) is 80.4 Å². The molecule has 1 aliphatic heterocycles. The number of hydrogen-bond donors (Lipinski definition) is 1. The van der Waals surface area contributed by atoms with Gasteiger partial charge in [-0.3, -0.25) is 9.69 Å². The minimum atomic E-state index is -0.337. The molecule has 0 atom stereocenters. The second kappa shape index (κ2) is 9.52. The predicted molar refractivity (Wildman–Crippen MR) is 121 cm³/mol. The van der Waals surface area contributed by atoms with Crippen molar-refractivity contribution < 1.29 is 23.4 Å². The van der Waals surface area contributed by atoms with Gasteiger partial charge >= 0.3 is 0 Å². The number of amides is 1. The molecule has 7 nitrogen and oxygen atoms in total. The molecule has 2 heterocycles. The van der Waals surface area contributed by atoms with Crippen LogP contribution in [0.2, 0.25) is 0 Å². The van der Waals surface area contributed by atoms with E-state index in [1.807, 2.05) is 0 Å². The number of amidine groups is 1. The summed E-state index contributed by atoms with van der Waals surface area (Å²) in [6.07, 6.45) is 4.71. The lowest BCUT2D eigenvalue weighted by Gasteiger charge is -2.12. The molecule has 1 fully saturated rings. The van der Waals surface area contributed by atoms with Gasteiger partial charge in [0.2, 0.25) is 0 Å². The molecule has 32 heavy (non-hydrogen) atoms. The van der Waals surface area contributed by atoms with E-state index in [2.05, 4.69) is 10.2 Å². The van der Waals surface area contributed by atoms with Crippen molar-refractivity contribution in [1.29, 1.82) is 0 Å². The third-order valence-electron chi connectivity index (χ3n) is 4.50. The van der Waals surface area contributed by atoms with Crippen LogP contribution in [0.5, 0.6) is 11.5 Å². The number of thioether (sulfide) groups is 1. The summed E-state index contributed by atoms with van der Waals surface area (Å²) in [6.45, 7) is 0.194. The van der Waals surface area contributed by atoms with E-state index in [0.29, 0.717) is 32.7 Å². The highest BCUT2D eigenvalue weighted by molar-refractivity contribution is 8.18. The van der Waals surface area contributed by atoms with E-state index in [4.69, 9.17) is 9.15 Å². The summed E-state index contributed by atoms with van der Waals surface area (Å²) in [5.74, 6) is 0.323. The number of furan rings is 1. The number of hydrogen-bond acceptors (Lipinski definition) is 7. The number of rotatable bonds is 6. The normalized spacial score (nSPS) is 16.6. The molecular formula is C23H18FN3O4S. The third-order valence-corrected chi connectivity index (χ3v) is 5.50. The van der Waals surface area contributed by atoms with E-state index in [1.165, 1.54) is 54.4 Å². The van der Waals surface area contributed by atoms with Gasteiger partial charge in [-0.05, 0) is 65.4 Å². The van der Waals surface area contributed by atoms with E-state index in [1.54, 1.807) is 42.5 Å². The maximum Gasteiger partial charge on any atom is 0.267 e. The second-order valence-electron chi connectivity index (χ2n) is 6.69. The number of halogens is 1. The van der Waals surface area contributed by atoms with E-state index in [-0.39, 0.29) is 24.0 Å². The Kier molecular flexibility index (Phi) is 6.37. The Morgan fingerprint density at radius 1 is 1.19 bits per heavy atom. The quantitative estimate of drug-likeness (QED) is 0.335. The first-order valence-corrected chi connectivity index (χ1v) is 10.3.